The third-order valence-electron chi connectivity index (χ3n) is 6.82. The summed E-state index contributed by atoms with van der Waals surface area (Å²) in [5.41, 5.74) is -1.71. The number of aliphatic hydroxyl groups is 1. The molecule has 3 aromatic carbocycles. The van der Waals surface area contributed by atoms with Crippen molar-refractivity contribution in [2.45, 2.75) is 30.2 Å². The average molecular weight is 537 g/mol. The molecule has 1 saturated heterocycles. The third kappa shape index (κ3) is 4.78. The first-order valence-corrected chi connectivity index (χ1v) is 12.2. The van der Waals surface area contributed by atoms with E-state index in [1.54, 1.807) is 36.4 Å². The van der Waals surface area contributed by atoms with Gasteiger partial charge < -0.3 is 19.3 Å². The van der Waals surface area contributed by atoms with Gasteiger partial charge in [0.25, 0.3) is 5.56 Å². The van der Waals surface area contributed by atoms with E-state index in [9.17, 15) is 19.1 Å². The Kier molecular flexibility index (Phi) is 7.42. The Labute approximate surface area is 222 Å². The number of aliphatic hydroxyl groups excluding tert-OH is 1. The topological polar surface area (TPSA) is 103 Å². The van der Waals surface area contributed by atoms with Crippen LogP contribution in [0.15, 0.2) is 101 Å². The van der Waals surface area contributed by atoms with Gasteiger partial charge in [-0.15, -0.1) is 0 Å². The quantitative estimate of drug-likeness (QED) is 0.335. The lowest BCUT2D eigenvalue weighted by molar-refractivity contribution is -0.105. The molecule has 39 heavy (non-hydrogen) atoms. The summed E-state index contributed by atoms with van der Waals surface area (Å²) in [7, 11) is 1.55. The minimum Gasteiger partial charge on any atom is -0.497 e. The van der Waals surface area contributed by atoms with Crippen LogP contribution >= 0.6 is 0 Å². The fourth-order valence-electron chi connectivity index (χ4n) is 4.94. The van der Waals surface area contributed by atoms with E-state index < -0.39 is 53.9 Å². The number of nitrogens with zero attached hydrogens (tertiary/aromatic N) is 1. The number of nitrogens with one attached hydrogen (secondary N) is 1. The van der Waals surface area contributed by atoms with Gasteiger partial charge in [0.1, 0.15) is 23.6 Å². The van der Waals surface area contributed by atoms with Crippen LogP contribution in [0.2, 0.25) is 0 Å². The number of aromatic amines is 1. The molecule has 0 amide bonds. The van der Waals surface area contributed by atoms with Crippen molar-refractivity contribution < 1.29 is 28.1 Å². The summed E-state index contributed by atoms with van der Waals surface area (Å²) in [6.45, 7) is -0.648. The third-order valence-corrected chi connectivity index (χ3v) is 6.82. The van der Waals surface area contributed by atoms with Crippen LogP contribution < -0.4 is 16.0 Å². The minimum atomic E-state index is -2.03. The van der Waals surface area contributed by atoms with Crippen LogP contribution in [0.5, 0.6) is 5.75 Å². The molecule has 202 valence electrons. The molecule has 1 aromatic heterocycles. The Bertz CT molecular complexity index is 1490. The molecule has 8 nitrogen and oxygen atoms in total. The molecule has 5 rings (SSSR count). The second-order valence-electron chi connectivity index (χ2n) is 9.06. The number of hydrogen-bond acceptors (Lipinski definition) is 6. The van der Waals surface area contributed by atoms with E-state index >= 15 is 4.39 Å². The first kappa shape index (κ1) is 26.5. The summed E-state index contributed by atoms with van der Waals surface area (Å²) in [5.74, 6) is -0.675. The normalized spacial score (nSPS) is 21.1. The summed E-state index contributed by atoms with van der Waals surface area (Å²) >= 11 is 0. The fraction of sp³-hybridized carbons (Fsp3) is 0.241. The van der Waals surface area contributed by atoms with Crippen LogP contribution in [0.1, 0.15) is 22.9 Å². The van der Waals surface area contributed by atoms with Crippen molar-refractivity contribution in [3.05, 3.63) is 134 Å². The van der Waals surface area contributed by atoms with Crippen LogP contribution in [0.25, 0.3) is 0 Å². The van der Waals surface area contributed by atoms with Gasteiger partial charge in [-0.1, -0.05) is 72.8 Å². The van der Waals surface area contributed by atoms with Crippen LogP contribution in [0.3, 0.4) is 0 Å². The highest BCUT2D eigenvalue weighted by molar-refractivity contribution is 5.48. The highest BCUT2D eigenvalue weighted by Gasteiger charge is 2.52. The summed E-state index contributed by atoms with van der Waals surface area (Å²) in [6, 6.07) is 25.5. The van der Waals surface area contributed by atoms with Gasteiger partial charge in [0.2, 0.25) is 5.82 Å². The Morgan fingerprint density at radius 1 is 0.949 bits per heavy atom. The number of rotatable bonds is 8. The molecule has 0 spiro atoms. The van der Waals surface area contributed by atoms with Crippen molar-refractivity contribution in [3.8, 4) is 5.75 Å². The Balaban J connectivity index is 1.67. The zero-order chi connectivity index (χ0) is 27.6. The van der Waals surface area contributed by atoms with E-state index in [0.29, 0.717) is 33.2 Å². The van der Waals surface area contributed by atoms with E-state index in [2.05, 4.69) is 0 Å². The van der Waals surface area contributed by atoms with Gasteiger partial charge in [0.15, 0.2) is 12.4 Å². The maximum Gasteiger partial charge on any atom is 0.330 e. The molecule has 4 aromatic rings. The molecule has 4 atom stereocenters. The predicted octanol–water partition coefficient (Wildman–Crippen LogP) is 3.29. The van der Waals surface area contributed by atoms with Crippen molar-refractivity contribution in [2.75, 3.05) is 13.7 Å². The highest BCUT2D eigenvalue weighted by Crippen LogP contribution is 2.45. The molecule has 10 heteroatoms. The monoisotopic (exact) mass is 536 g/mol. The molecule has 1 fully saturated rings. The van der Waals surface area contributed by atoms with Gasteiger partial charge >= 0.3 is 5.69 Å². The van der Waals surface area contributed by atoms with Crippen LogP contribution in [-0.4, -0.2) is 46.8 Å². The van der Waals surface area contributed by atoms with E-state index in [1.807, 2.05) is 60.7 Å². The predicted molar refractivity (Wildman–Crippen MR) is 138 cm³/mol. The lowest BCUT2D eigenvalue weighted by Gasteiger charge is -2.39. The second-order valence-corrected chi connectivity index (χ2v) is 9.06. The standard InChI is InChI=1S/C29H26F2N2O6/c1-37-21-14-12-20(13-15-21)29(18-8-4-2-5-9-18,19-10-6-3-7-11-19)39-25-23(17-34)38-27(24(25)31)33-16-22(30)26(35)32-28(33)36/h2-16,23-25,27,34H,17H2,1H3,(H,32,35,36)/t23-,24+,25-,27-/m1/s1. The molecule has 1 aliphatic rings. The molecule has 0 unspecified atom stereocenters. The number of ether oxygens (including phenoxy) is 3. The zero-order valence-electron chi connectivity index (χ0n) is 20.9. The SMILES string of the molecule is COc1ccc(C(O[C@H]2[C@H](F)[C@H](n3cc(F)c(=O)[nH]c3=O)O[C@@H]2CO)(c2ccccc2)c2ccccc2)cc1. The Hall–Kier alpha value is -4.12. The number of benzene rings is 3. The van der Waals surface area contributed by atoms with E-state index in [4.69, 9.17) is 14.2 Å². The number of alkyl halides is 1. The number of halogens is 2. The average Bonchev–Trinajstić information content (AvgIpc) is 3.29. The highest BCUT2D eigenvalue weighted by atomic mass is 19.1. The summed E-state index contributed by atoms with van der Waals surface area (Å²) in [6.07, 6.45) is -5.75. The van der Waals surface area contributed by atoms with Crippen LogP contribution in [0, 0.1) is 5.82 Å². The molecule has 1 aliphatic heterocycles. The largest absolute Gasteiger partial charge is 0.497 e. The summed E-state index contributed by atoms with van der Waals surface area (Å²) in [4.78, 5) is 25.7. The van der Waals surface area contributed by atoms with E-state index in [0.717, 1.165) is 0 Å². The molecule has 2 N–H and O–H groups in total. The van der Waals surface area contributed by atoms with E-state index in [-0.39, 0.29) is 0 Å². The van der Waals surface area contributed by atoms with Crippen molar-refractivity contribution in [2.24, 2.45) is 0 Å². The Morgan fingerprint density at radius 3 is 2.05 bits per heavy atom. The maximum absolute atomic E-state index is 16.2. The summed E-state index contributed by atoms with van der Waals surface area (Å²) < 4.78 is 48.6. The fourth-order valence-corrected chi connectivity index (χ4v) is 4.94. The van der Waals surface area contributed by atoms with Gasteiger partial charge in [0.05, 0.1) is 19.9 Å². The van der Waals surface area contributed by atoms with Crippen molar-refractivity contribution in [1.29, 1.82) is 0 Å². The molecular weight excluding hydrogens is 510 g/mol. The van der Waals surface area contributed by atoms with Crippen LogP contribution in [-0.2, 0) is 15.1 Å². The molecule has 2 heterocycles. The minimum absolute atomic E-state index is 0.584. The maximum atomic E-state index is 16.2. The summed E-state index contributed by atoms with van der Waals surface area (Å²) in [5, 5.41) is 10.2. The molecule has 0 aliphatic carbocycles. The van der Waals surface area contributed by atoms with Crippen molar-refractivity contribution >= 4 is 0 Å². The second kappa shape index (κ2) is 10.9. The number of aromatic nitrogens is 2. The first-order valence-electron chi connectivity index (χ1n) is 12.2. The molecular formula is C29H26F2N2O6. The van der Waals surface area contributed by atoms with Gasteiger partial charge in [-0.05, 0) is 28.8 Å². The van der Waals surface area contributed by atoms with Gasteiger partial charge in [-0.2, -0.15) is 4.39 Å². The first-order chi connectivity index (χ1) is 18.9. The molecule has 0 radical (unpaired) electrons. The van der Waals surface area contributed by atoms with Crippen molar-refractivity contribution in [3.63, 3.8) is 0 Å². The number of hydrogen-bond donors (Lipinski definition) is 2. The molecule has 0 bridgehead atoms. The van der Waals surface area contributed by atoms with Crippen molar-refractivity contribution in [1.82, 2.24) is 9.55 Å². The zero-order valence-corrected chi connectivity index (χ0v) is 20.9. The van der Waals surface area contributed by atoms with Gasteiger partial charge in [-0.25, -0.2) is 9.18 Å². The van der Waals surface area contributed by atoms with Gasteiger partial charge in [0, 0.05) is 0 Å². The number of H-pyrrole nitrogens is 1. The van der Waals surface area contributed by atoms with Gasteiger partial charge in [-0.3, -0.25) is 14.3 Å². The lowest BCUT2D eigenvalue weighted by Crippen LogP contribution is -2.44. The molecule has 0 saturated carbocycles. The Morgan fingerprint density at radius 2 is 1.51 bits per heavy atom. The van der Waals surface area contributed by atoms with Crippen LogP contribution in [0.4, 0.5) is 8.78 Å². The number of methoxy groups -OCH3 is 1. The lowest BCUT2D eigenvalue weighted by atomic mass is 9.79. The van der Waals surface area contributed by atoms with E-state index in [1.165, 1.54) is 0 Å². The smallest absolute Gasteiger partial charge is 0.330 e.